The third kappa shape index (κ3) is 3.29. The predicted molar refractivity (Wildman–Crippen MR) is 56.6 cm³/mol. The highest BCUT2D eigenvalue weighted by atomic mass is 19.1. The summed E-state index contributed by atoms with van der Waals surface area (Å²) in [7, 11) is 0. The third-order valence-electron chi connectivity index (χ3n) is 2.08. The SMILES string of the molecule is Cc1cc(F)cc(C(=O)NC(CO)CO)c1. The fourth-order valence-corrected chi connectivity index (χ4v) is 1.29. The molecule has 0 aliphatic rings. The summed E-state index contributed by atoms with van der Waals surface area (Å²) < 4.78 is 13.0. The van der Waals surface area contributed by atoms with Gasteiger partial charge < -0.3 is 15.5 Å². The van der Waals surface area contributed by atoms with Gasteiger partial charge in [0.1, 0.15) is 5.82 Å². The summed E-state index contributed by atoms with van der Waals surface area (Å²) in [6.45, 7) is 0.947. The first-order valence-corrected chi connectivity index (χ1v) is 4.86. The zero-order valence-electron chi connectivity index (χ0n) is 8.90. The molecule has 1 rings (SSSR count). The highest BCUT2D eigenvalue weighted by Gasteiger charge is 2.12. The van der Waals surface area contributed by atoms with Crippen LogP contribution in [0.1, 0.15) is 15.9 Å². The summed E-state index contributed by atoms with van der Waals surface area (Å²) >= 11 is 0. The monoisotopic (exact) mass is 227 g/mol. The van der Waals surface area contributed by atoms with Gasteiger partial charge in [0, 0.05) is 5.56 Å². The van der Waals surface area contributed by atoms with Crippen molar-refractivity contribution in [1.82, 2.24) is 5.32 Å². The minimum atomic E-state index is -0.726. The molecule has 0 fully saturated rings. The number of benzene rings is 1. The molecule has 1 amide bonds. The molecule has 0 bridgehead atoms. The van der Waals surface area contributed by atoms with Gasteiger partial charge >= 0.3 is 0 Å². The van der Waals surface area contributed by atoms with Crippen molar-refractivity contribution in [3.05, 3.63) is 35.1 Å². The van der Waals surface area contributed by atoms with Crippen molar-refractivity contribution in [3.8, 4) is 0 Å². The number of halogens is 1. The molecular weight excluding hydrogens is 213 g/mol. The zero-order chi connectivity index (χ0) is 12.1. The minimum absolute atomic E-state index is 0.171. The van der Waals surface area contributed by atoms with Crippen LogP contribution in [0, 0.1) is 12.7 Å². The molecule has 0 unspecified atom stereocenters. The van der Waals surface area contributed by atoms with Crippen molar-refractivity contribution in [2.75, 3.05) is 13.2 Å². The first-order chi connectivity index (χ1) is 7.56. The van der Waals surface area contributed by atoms with Crippen LogP contribution in [0.2, 0.25) is 0 Å². The maximum absolute atomic E-state index is 13.0. The van der Waals surface area contributed by atoms with E-state index < -0.39 is 17.8 Å². The van der Waals surface area contributed by atoms with Gasteiger partial charge in [0.05, 0.1) is 19.3 Å². The Labute approximate surface area is 92.7 Å². The van der Waals surface area contributed by atoms with E-state index in [0.29, 0.717) is 5.56 Å². The molecule has 3 N–H and O–H groups in total. The average Bonchev–Trinajstić information content (AvgIpc) is 2.24. The van der Waals surface area contributed by atoms with Gasteiger partial charge in [0.25, 0.3) is 5.91 Å². The molecule has 88 valence electrons. The average molecular weight is 227 g/mol. The van der Waals surface area contributed by atoms with Gasteiger partial charge in [-0.15, -0.1) is 0 Å². The first kappa shape index (κ1) is 12.6. The Kier molecular flexibility index (Phi) is 4.39. The molecule has 0 heterocycles. The van der Waals surface area contributed by atoms with Crippen molar-refractivity contribution in [3.63, 3.8) is 0 Å². The molecule has 0 saturated heterocycles. The van der Waals surface area contributed by atoms with Gasteiger partial charge in [0.15, 0.2) is 0 Å². The standard InChI is InChI=1S/C11H14FNO3/c1-7-2-8(4-9(12)3-7)11(16)13-10(5-14)6-15/h2-4,10,14-15H,5-6H2,1H3,(H,13,16). The summed E-state index contributed by atoms with van der Waals surface area (Å²) in [6, 6.07) is 3.22. The number of carbonyl (C=O) groups is 1. The lowest BCUT2D eigenvalue weighted by Gasteiger charge is -2.13. The van der Waals surface area contributed by atoms with Gasteiger partial charge in [-0.3, -0.25) is 4.79 Å². The van der Waals surface area contributed by atoms with E-state index in [1.54, 1.807) is 6.92 Å². The third-order valence-corrected chi connectivity index (χ3v) is 2.08. The summed E-state index contributed by atoms with van der Waals surface area (Å²) in [4.78, 5) is 11.6. The van der Waals surface area contributed by atoms with E-state index in [0.717, 1.165) is 6.07 Å². The topological polar surface area (TPSA) is 69.6 Å². The lowest BCUT2D eigenvalue weighted by Crippen LogP contribution is -2.40. The molecule has 5 heteroatoms. The van der Waals surface area contributed by atoms with E-state index in [-0.39, 0.29) is 18.8 Å². The number of rotatable bonds is 4. The van der Waals surface area contributed by atoms with Crippen LogP contribution in [0.15, 0.2) is 18.2 Å². The molecule has 0 aliphatic carbocycles. The second-order valence-corrected chi connectivity index (χ2v) is 3.55. The summed E-state index contributed by atoms with van der Waals surface area (Å²) in [6.07, 6.45) is 0. The molecule has 1 aromatic rings. The highest BCUT2D eigenvalue weighted by Crippen LogP contribution is 2.08. The van der Waals surface area contributed by atoms with Crippen LogP contribution < -0.4 is 5.32 Å². The smallest absolute Gasteiger partial charge is 0.251 e. The van der Waals surface area contributed by atoms with Gasteiger partial charge in [-0.1, -0.05) is 0 Å². The molecule has 0 atom stereocenters. The van der Waals surface area contributed by atoms with Crippen LogP contribution in [0.5, 0.6) is 0 Å². The second kappa shape index (κ2) is 5.58. The van der Waals surface area contributed by atoms with Gasteiger partial charge in [-0.25, -0.2) is 4.39 Å². The van der Waals surface area contributed by atoms with E-state index >= 15 is 0 Å². The molecular formula is C11H14FNO3. The van der Waals surface area contributed by atoms with Gasteiger partial charge in [0.2, 0.25) is 0 Å². The normalized spacial score (nSPS) is 10.6. The van der Waals surface area contributed by atoms with Crippen molar-refractivity contribution >= 4 is 5.91 Å². The van der Waals surface area contributed by atoms with Crippen LogP contribution in [-0.4, -0.2) is 35.4 Å². The van der Waals surface area contributed by atoms with Crippen LogP contribution in [0.4, 0.5) is 4.39 Å². The van der Waals surface area contributed by atoms with Gasteiger partial charge in [-0.2, -0.15) is 0 Å². The van der Waals surface area contributed by atoms with Gasteiger partial charge in [-0.05, 0) is 30.7 Å². The van der Waals surface area contributed by atoms with Crippen molar-refractivity contribution in [2.45, 2.75) is 13.0 Å². The van der Waals surface area contributed by atoms with E-state index in [4.69, 9.17) is 10.2 Å². The van der Waals surface area contributed by atoms with E-state index in [9.17, 15) is 9.18 Å². The van der Waals surface area contributed by atoms with E-state index in [1.165, 1.54) is 12.1 Å². The lowest BCUT2D eigenvalue weighted by atomic mass is 10.1. The number of nitrogens with one attached hydrogen (secondary N) is 1. The largest absolute Gasteiger partial charge is 0.394 e. The molecule has 4 nitrogen and oxygen atoms in total. The number of aliphatic hydroxyl groups excluding tert-OH is 2. The van der Waals surface area contributed by atoms with Crippen molar-refractivity contribution < 1.29 is 19.4 Å². The van der Waals surface area contributed by atoms with E-state index in [2.05, 4.69) is 5.32 Å². The number of amides is 1. The Morgan fingerprint density at radius 3 is 2.50 bits per heavy atom. The fourth-order valence-electron chi connectivity index (χ4n) is 1.29. The summed E-state index contributed by atoms with van der Waals surface area (Å²) in [5.74, 6) is -1.01. The Hall–Kier alpha value is -1.46. The Balaban J connectivity index is 2.80. The van der Waals surface area contributed by atoms with Crippen molar-refractivity contribution in [2.24, 2.45) is 0 Å². The zero-order valence-corrected chi connectivity index (χ0v) is 8.90. The van der Waals surface area contributed by atoms with Crippen LogP contribution >= 0.6 is 0 Å². The molecule has 16 heavy (non-hydrogen) atoms. The number of hydrogen-bond donors (Lipinski definition) is 3. The highest BCUT2D eigenvalue weighted by molar-refractivity contribution is 5.94. The molecule has 1 aromatic carbocycles. The number of carbonyl (C=O) groups excluding carboxylic acids is 1. The Morgan fingerprint density at radius 1 is 1.38 bits per heavy atom. The fraction of sp³-hybridized carbons (Fsp3) is 0.364. The second-order valence-electron chi connectivity index (χ2n) is 3.55. The summed E-state index contributed by atoms with van der Waals surface area (Å²) in [5, 5.41) is 19.9. The minimum Gasteiger partial charge on any atom is -0.394 e. The van der Waals surface area contributed by atoms with Crippen LogP contribution in [-0.2, 0) is 0 Å². The molecule has 0 saturated carbocycles. The Morgan fingerprint density at radius 2 is 2.00 bits per heavy atom. The number of hydrogen-bond acceptors (Lipinski definition) is 3. The summed E-state index contributed by atoms with van der Waals surface area (Å²) in [5.41, 5.74) is 0.805. The van der Waals surface area contributed by atoms with Crippen LogP contribution in [0.25, 0.3) is 0 Å². The molecule has 0 aliphatic heterocycles. The lowest BCUT2D eigenvalue weighted by molar-refractivity contribution is 0.0879. The van der Waals surface area contributed by atoms with Crippen LogP contribution in [0.3, 0.4) is 0 Å². The molecule has 0 spiro atoms. The Bertz CT molecular complexity index is 357. The van der Waals surface area contributed by atoms with E-state index in [1.807, 2.05) is 0 Å². The van der Waals surface area contributed by atoms with Crippen molar-refractivity contribution in [1.29, 1.82) is 0 Å². The maximum Gasteiger partial charge on any atom is 0.251 e. The maximum atomic E-state index is 13.0. The molecule has 0 aromatic heterocycles. The molecule has 0 radical (unpaired) electrons. The first-order valence-electron chi connectivity index (χ1n) is 4.86. The predicted octanol–water partition coefficient (Wildman–Crippen LogP) is 0.217. The quantitative estimate of drug-likeness (QED) is 0.689. The number of aryl methyl sites for hydroxylation is 1. The number of aliphatic hydroxyl groups is 2.